The second-order valence-corrected chi connectivity index (χ2v) is 5.61. The number of ether oxygens (including phenoxy) is 1. The summed E-state index contributed by atoms with van der Waals surface area (Å²) in [6.45, 7) is 3.54. The van der Waals surface area contributed by atoms with Crippen molar-refractivity contribution in [3.8, 4) is 5.75 Å². The molecule has 2 N–H and O–H groups in total. The molecule has 110 valence electrons. The highest BCUT2D eigenvalue weighted by molar-refractivity contribution is 7.05. The van der Waals surface area contributed by atoms with E-state index in [2.05, 4.69) is 19.6 Å². The first-order valence-corrected chi connectivity index (χ1v) is 7.10. The quantitative estimate of drug-likeness (QED) is 0.843. The van der Waals surface area contributed by atoms with Gasteiger partial charge in [0, 0.05) is 6.54 Å². The van der Waals surface area contributed by atoms with Crippen LogP contribution in [0.4, 0.5) is 0 Å². The Labute approximate surface area is 122 Å². The molecule has 0 amide bonds. The predicted octanol–water partition coefficient (Wildman–Crippen LogP) is 0.661. The molecule has 0 aliphatic carbocycles. The zero-order valence-corrected chi connectivity index (χ0v) is 13.0. The van der Waals surface area contributed by atoms with E-state index >= 15 is 0 Å². The molecular formula is C12H20N6OS. The molecule has 1 unspecified atom stereocenters. The molecule has 7 nitrogen and oxygen atoms in total. The lowest BCUT2D eigenvalue weighted by Crippen LogP contribution is -2.23. The molecule has 2 rings (SSSR count). The van der Waals surface area contributed by atoms with Crippen molar-refractivity contribution in [3.63, 3.8) is 0 Å². The Hall–Kier alpha value is -1.51. The summed E-state index contributed by atoms with van der Waals surface area (Å²) in [6.07, 6.45) is 1.70. The predicted molar refractivity (Wildman–Crippen MR) is 78.0 cm³/mol. The van der Waals surface area contributed by atoms with Gasteiger partial charge in [0.1, 0.15) is 5.69 Å². The van der Waals surface area contributed by atoms with E-state index < -0.39 is 0 Å². The standard InChI is InChI=1S/C12H20N6OS/c1-8-12(20-16-15-8)10(13)11-9(19-4)7-14-18(11)6-5-17(2)3/h7,10H,5-6,13H2,1-4H3. The van der Waals surface area contributed by atoms with Crippen LogP contribution in [0, 0.1) is 6.92 Å². The van der Waals surface area contributed by atoms with Crippen LogP contribution < -0.4 is 10.5 Å². The Morgan fingerprint density at radius 1 is 1.50 bits per heavy atom. The maximum Gasteiger partial charge on any atom is 0.161 e. The molecular weight excluding hydrogens is 276 g/mol. The van der Waals surface area contributed by atoms with Crippen molar-refractivity contribution in [2.24, 2.45) is 5.73 Å². The molecule has 0 bridgehead atoms. The second kappa shape index (κ2) is 6.29. The molecule has 2 aromatic rings. The Morgan fingerprint density at radius 2 is 2.25 bits per heavy atom. The minimum Gasteiger partial charge on any atom is -0.493 e. The SMILES string of the molecule is COc1cnn(CCN(C)C)c1C(N)c1snnc1C. The molecule has 0 saturated carbocycles. The molecule has 2 heterocycles. The minimum absolute atomic E-state index is 0.324. The Balaban J connectivity index is 2.33. The van der Waals surface area contributed by atoms with Crippen molar-refractivity contribution in [3.05, 3.63) is 22.5 Å². The number of methoxy groups -OCH3 is 1. The number of hydrogen-bond donors (Lipinski definition) is 1. The summed E-state index contributed by atoms with van der Waals surface area (Å²) in [6, 6.07) is -0.324. The molecule has 8 heteroatoms. The van der Waals surface area contributed by atoms with Crippen LogP contribution in [0.2, 0.25) is 0 Å². The number of nitrogens with zero attached hydrogens (tertiary/aromatic N) is 5. The largest absolute Gasteiger partial charge is 0.493 e. The Kier molecular flexibility index (Phi) is 4.69. The average Bonchev–Trinajstić information content (AvgIpc) is 3.01. The van der Waals surface area contributed by atoms with Crippen LogP contribution >= 0.6 is 11.5 Å². The zero-order chi connectivity index (χ0) is 14.7. The van der Waals surface area contributed by atoms with Crippen LogP contribution in [0.3, 0.4) is 0 Å². The minimum atomic E-state index is -0.324. The van der Waals surface area contributed by atoms with Gasteiger partial charge in [-0.05, 0) is 32.6 Å². The number of nitrogens with two attached hydrogens (primary N) is 1. The van der Waals surface area contributed by atoms with Crippen LogP contribution in [-0.2, 0) is 6.54 Å². The van der Waals surface area contributed by atoms with Gasteiger partial charge in [0.25, 0.3) is 0 Å². The number of rotatable bonds is 6. The van der Waals surface area contributed by atoms with Gasteiger partial charge in [-0.15, -0.1) is 5.10 Å². The van der Waals surface area contributed by atoms with Gasteiger partial charge in [-0.25, -0.2) is 0 Å². The van der Waals surface area contributed by atoms with Crippen molar-refractivity contribution in [2.45, 2.75) is 19.5 Å². The fourth-order valence-electron chi connectivity index (χ4n) is 1.97. The normalized spacial score (nSPS) is 12.9. The number of hydrogen-bond acceptors (Lipinski definition) is 7. The van der Waals surface area contributed by atoms with E-state index in [1.165, 1.54) is 11.5 Å². The maximum atomic E-state index is 6.37. The molecule has 0 aliphatic heterocycles. The van der Waals surface area contributed by atoms with Gasteiger partial charge in [0.15, 0.2) is 5.75 Å². The Bertz CT molecular complexity index is 564. The first kappa shape index (κ1) is 14.9. The third kappa shape index (κ3) is 2.97. The number of likely N-dealkylation sites (N-methyl/N-ethyl adjacent to an activating group) is 1. The molecule has 20 heavy (non-hydrogen) atoms. The fourth-order valence-corrected chi connectivity index (χ4v) is 2.62. The lowest BCUT2D eigenvalue weighted by molar-refractivity contribution is 0.363. The maximum absolute atomic E-state index is 6.37. The summed E-state index contributed by atoms with van der Waals surface area (Å²) >= 11 is 1.31. The van der Waals surface area contributed by atoms with Crippen LogP contribution in [0.25, 0.3) is 0 Å². The van der Waals surface area contributed by atoms with E-state index in [-0.39, 0.29) is 6.04 Å². The number of aryl methyl sites for hydroxylation is 1. The van der Waals surface area contributed by atoms with E-state index in [0.29, 0.717) is 5.75 Å². The highest BCUT2D eigenvalue weighted by Gasteiger charge is 2.23. The zero-order valence-electron chi connectivity index (χ0n) is 12.2. The van der Waals surface area contributed by atoms with Crippen LogP contribution in [0.5, 0.6) is 5.75 Å². The van der Waals surface area contributed by atoms with Gasteiger partial charge in [-0.3, -0.25) is 4.68 Å². The summed E-state index contributed by atoms with van der Waals surface area (Å²) in [5.41, 5.74) is 8.08. The summed E-state index contributed by atoms with van der Waals surface area (Å²) < 4.78 is 11.2. The highest BCUT2D eigenvalue weighted by Crippen LogP contribution is 2.30. The van der Waals surface area contributed by atoms with E-state index in [0.717, 1.165) is 29.4 Å². The first-order chi connectivity index (χ1) is 9.54. The van der Waals surface area contributed by atoms with E-state index in [1.807, 2.05) is 25.7 Å². The third-order valence-corrected chi connectivity index (χ3v) is 4.00. The summed E-state index contributed by atoms with van der Waals surface area (Å²) in [5.74, 6) is 0.698. The monoisotopic (exact) mass is 296 g/mol. The van der Waals surface area contributed by atoms with Crippen molar-refractivity contribution < 1.29 is 4.74 Å². The molecule has 0 aromatic carbocycles. The molecule has 0 saturated heterocycles. The summed E-state index contributed by atoms with van der Waals surface area (Å²) in [7, 11) is 5.68. The molecule has 2 aromatic heterocycles. The number of aromatic nitrogens is 4. The van der Waals surface area contributed by atoms with Crippen molar-refractivity contribution in [2.75, 3.05) is 27.7 Å². The molecule has 0 spiro atoms. The molecule has 0 fully saturated rings. The van der Waals surface area contributed by atoms with Crippen molar-refractivity contribution in [1.29, 1.82) is 0 Å². The average molecular weight is 296 g/mol. The van der Waals surface area contributed by atoms with Crippen molar-refractivity contribution in [1.82, 2.24) is 24.3 Å². The van der Waals surface area contributed by atoms with E-state index in [4.69, 9.17) is 10.5 Å². The van der Waals surface area contributed by atoms with Gasteiger partial charge < -0.3 is 15.4 Å². The first-order valence-electron chi connectivity index (χ1n) is 6.33. The fraction of sp³-hybridized carbons (Fsp3) is 0.583. The highest BCUT2D eigenvalue weighted by atomic mass is 32.1. The molecule has 0 radical (unpaired) electrons. The second-order valence-electron chi connectivity index (χ2n) is 4.82. The van der Waals surface area contributed by atoms with E-state index in [1.54, 1.807) is 13.3 Å². The molecule has 1 atom stereocenters. The lowest BCUT2D eigenvalue weighted by atomic mass is 10.1. The van der Waals surface area contributed by atoms with Crippen molar-refractivity contribution >= 4 is 11.5 Å². The lowest BCUT2D eigenvalue weighted by Gasteiger charge is -2.16. The van der Waals surface area contributed by atoms with Gasteiger partial charge in [0.2, 0.25) is 0 Å². The van der Waals surface area contributed by atoms with Gasteiger partial charge in [-0.1, -0.05) is 4.49 Å². The van der Waals surface area contributed by atoms with Crippen LogP contribution in [0.15, 0.2) is 6.20 Å². The Morgan fingerprint density at radius 3 is 2.80 bits per heavy atom. The van der Waals surface area contributed by atoms with Crippen LogP contribution in [-0.4, -0.2) is 52.0 Å². The summed E-state index contributed by atoms with van der Waals surface area (Å²) in [4.78, 5) is 3.04. The molecule has 0 aliphatic rings. The topological polar surface area (TPSA) is 82.1 Å². The van der Waals surface area contributed by atoms with Gasteiger partial charge in [0.05, 0.1) is 36.5 Å². The summed E-state index contributed by atoms with van der Waals surface area (Å²) in [5, 5.41) is 8.39. The van der Waals surface area contributed by atoms with Gasteiger partial charge >= 0.3 is 0 Å². The smallest absolute Gasteiger partial charge is 0.161 e. The third-order valence-electron chi connectivity index (χ3n) is 3.09. The van der Waals surface area contributed by atoms with Gasteiger partial charge in [-0.2, -0.15) is 5.10 Å². The van der Waals surface area contributed by atoms with E-state index in [9.17, 15) is 0 Å². The van der Waals surface area contributed by atoms with Crippen LogP contribution in [0.1, 0.15) is 22.3 Å².